The molecule has 0 aliphatic rings. The van der Waals surface area contributed by atoms with E-state index in [1.54, 1.807) is 6.07 Å². The first-order valence-electron chi connectivity index (χ1n) is 5.37. The molecule has 94 valence electrons. The van der Waals surface area contributed by atoms with Crippen LogP contribution in [0, 0.1) is 6.92 Å². The van der Waals surface area contributed by atoms with E-state index in [0.717, 1.165) is 21.3 Å². The van der Waals surface area contributed by atoms with E-state index in [2.05, 4.69) is 32.3 Å². The van der Waals surface area contributed by atoms with E-state index in [4.69, 9.17) is 23.2 Å². The van der Waals surface area contributed by atoms with E-state index in [-0.39, 0.29) is 0 Å². The highest BCUT2D eigenvalue weighted by Gasteiger charge is 2.07. The van der Waals surface area contributed by atoms with Gasteiger partial charge in [-0.15, -0.1) is 0 Å². The summed E-state index contributed by atoms with van der Waals surface area (Å²) >= 11 is 15.3. The Morgan fingerprint density at radius 1 is 1.28 bits per heavy atom. The van der Waals surface area contributed by atoms with Crippen LogP contribution in [-0.4, -0.2) is 4.98 Å². The number of hydrogen-bond donors (Lipinski definition) is 1. The van der Waals surface area contributed by atoms with Crippen LogP contribution in [0.5, 0.6) is 0 Å². The molecule has 18 heavy (non-hydrogen) atoms. The Balaban J connectivity index is 2.16. The summed E-state index contributed by atoms with van der Waals surface area (Å²) in [5.74, 6) is 0. The molecule has 5 heteroatoms. The molecular weight excluding hydrogens is 335 g/mol. The van der Waals surface area contributed by atoms with E-state index in [1.165, 1.54) is 0 Å². The van der Waals surface area contributed by atoms with Crippen molar-refractivity contribution in [3.63, 3.8) is 0 Å². The van der Waals surface area contributed by atoms with Gasteiger partial charge in [0.05, 0.1) is 5.69 Å². The molecule has 0 saturated carbocycles. The average Bonchev–Trinajstić information content (AvgIpc) is 2.27. The van der Waals surface area contributed by atoms with Crippen molar-refractivity contribution in [3.8, 4) is 0 Å². The summed E-state index contributed by atoms with van der Waals surface area (Å²) in [6.07, 6.45) is 0. The van der Waals surface area contributed by atoms with Crippen molar-refractivity contribution in [3.05, 3.63) is 56.2 Å². The second kappa shape index (κ2) is 5.91. The van der Waals surface area contributed by atoms with Gasteiger partial charge in [-0.1, -0.05) is 51.3 Å². The monoisotopic (exact) mass is 344 g/mol. The van der Waals surface area contributed by atoms with Crippen LogP contribution in [0.25, 0.3) is 0 Å². The average molecular weight is 346 g/mol. The van der Waals surface area contributed by atoms with E-state index >= 15 is 0 Å². The van der Waals surface area contributed by atoms with Gasteiger partial charge in [-0.25, -0.2) is 4.98 Å². The topological polar surface area (TPSA) is 24.9 Å². The van der Waals surface area contributed by atoms with Gasteiger partial charge in [-0.2, -0.15) is 0 Å². The van der Waals surface area contributed by atoms with E-state index < -0.39 is 0 Å². The fourth-order valence-electron chi connectivity index (χ4n) is 1.65. The molecule has 1 N–H and O–H groups in total. The first-order chi connectivity index (χ1) is 8.56. The molecule has 1 aromatic heterocycles. The second-order valence-electron chi connectivity index (χ2n) is 3.91. The lowest BCUT2D eigenvalue weighted by Crippen LogP contribution is -2.02. The summed E-state index contributed by atoms with van der Waals surface area (Å²) < 4.78 is 1.05. The summed E-state index contributed by atoms with van der Waals surface area (Å²) in [6, 6.07) is 9.88. The van der Waals surface area contributed by atoms with Gasteiger partial charge in [0, 0.05) is 11.0 Å². The molecule has 0 spiro atoms. The molecule has 0 aliphatic heterocycles. The fourth-order valence-corrected chi connectivity index (χ4v) is 2.69. The number of aromatic nitrogens is 1. The molecule has 0 aliphatic carbocycles. The molecule has 1 aromatic carbocycles. The van der Waals surface area contributed by atoms with Gasteiger partial charge in [0.25, 0.3) is 0 Å². The molecule has 0 amide bonds. The summed E-state index contributed by atoms with van der Waals surface area (Å²) in [4.78, 5) is 4.02. The maximum Gasteiger partial charge on any atom is 0.154 e. The first kappa shape index (κ1) is 13.7. The summed E-state index contributed by atoms with van der Waals surface area (Å²) in [5, 5.41) is 4.08. The van der Waals surface area contributed by atoms with Crippen molar-refractivity contribution in [1.82, 2.24) is 4.98 Å². The van der Waals surface area contributed by atoms with E-state index in [1.807, 2.05) is 25.1 Å². The van der Waals surface area contributed by atoms with Crippen LogP contribution in [0.2, 0.25) is 10.3 Å². The van der Waals surface area contributed by atoms with Crippen molar-refractivity contribution < 1.29 is 0 Å². The van der Waals surface area contributed by atoms with Crippen molar-refractivity contribution in [2.75, 3.05) is 5.32 Å². The van der Waals surface area contributed by atoms with Gasteiger partial charge in [-0.3, -0.25) is 0 Å². The predicted molar refractivity (Wildman–Crippen MR) is 80.5 cm³/mol. The van der Waals surface area contributed by atoms with Crippen molar-refractivity contribution in [2.45, 2.75) is 13.5 Å². The molecular formula is C13H11BrCl2N2. The zero-order valence-electron chi connectivity index (χ0n) is 9.67. The fraction of sp³-hybridized carbons (Fsp3) is 0.154. The standard InChI is InChI=1S/C13H11BrCl2N2/c1-8-5-11(15)18-13(16)12(8)17-7-9-3-2-4-10(14)6-9/h2-6,17H,7H2,1H3. The zero-order chi connectivity index (χ0) is 13.1. The van der Waals surface area contributed by atoms with Gasteiger partial charge in [0.1, 0.15) is 5.15 Å². The van der Waals surface area contributed by atoms with Crippen LogP contribution in [0.4, 0.5) is 5.69 Å². The largest absolute Gasteiger partial charge is 0.378 e. The number of hydrogen-bond acceptors (Lipinski definition) is 2. The lowest BCUT2D eigenvalue weighted by Gasteiger charge is -2.11. The molecule has 0 fully saturated rings. The molecule has 0 saturated heterocycles. The van der Waals surface area contributed by atoms with Gasteiger partial charge in [0.15, 0.2) is 5.15 Å². The lowest BCUT2D eigenvalue weighted by atomic mass is 10.2. The van der Waals surface area contributed by atoms with Crippen molar-refractivity contribution >= 4 is 44.8 Å². The minimum Gasteiger partial charge on any atom is -0.378 e. The third-order valence-electron chi connectivity index (χ3n) is 2.50. The van der Waals surface area contributed by atoms with Crippen LogP contribution < -0.4 is 5.32 Å². The number of rotatable bonds is 3. The summed E-state index contributed by atoms with van der Waals surface area (Å²) in [7, 11) is 0. The number of halogens is 3. The molecule has 0 unspecified atom stereocenters. The van der Waals surface area contributed by atoms with Crippen LogP contribution in [-0.2, 0) is 6.54 Å². The maximum absolute atomic E-state index is 6.06. The molecule has 0 bridgehead atoms. The van der Waals surface area contributed by atoms with Crippen molar-refractivity contribution in [2.24, 2.45) is 0 Å². The van der Waals surface area contributed by atoms with Gasteiger partial charge in [-0.05, 0) is 36.2 Å². The Labute approximate surface area is 124 Å². The quantitative estimate of drug-likeness (QED) is 0.785. The lowest BCUT2D eigenvalue weighted by molar-refractivity contribution is 1.12. The number of aryl methyl sites for hydroxylation is 1. The third-order valence-corrected chi connectivity index (χ3v) is 3.46. The van der Waals surface area contributed by atoms with Crippen LogP contribution in [0.3, 0.4) is 0 Å². The molecule has 2 nitrogen and oxygen atoms in total. The van der Waals surface area contributed by atoms with Crippen LogP contribution >= 0.6 is 39.1 Å². The summed E-state index contributed by atoms with van der Waals surface area (Å²) in [5.41, 5.74) is 2.96. The highest BCUT2D eigenvalue weighted by atomic mass is 79.9. The van der Waals surface area contributed by atoms with Gasteiger partial charge < -0.3 is 5.32 Å². The number of anilines is 1. The number of pyridine rings is 1. The maximum atomic E-state index is 6.06. The second-order valence-corrected chi connectivity index (χ2v) is 5.57. The first-order valence-corrected chi connectivity index (χ1v) is 6.92. The van der Waals surface area contributed by atoms with Gasteiger partial charge >= 0.3 is 0 Å². The molecule has 0 atom stereocenters. The third kappa shape index (κ3) is 3.37. The summed E-state index contributed by atoms with van der Waals surface area (Å²) in [6.45, 7) is 2.63. The van der Waals surface area contributed by atoms with E-state index in [0.29, 0.717) is 16.9 Å². The SMILES string of the molecule is Cc1cc(Cl)nc(Cl)c1NCc1cccc(Br)c1. The smallest absolute Gasteiger partial charge is 0.154 e. The Kier molecular flexibility index (Phi) is 4.49. The molecule has 2 aromatic rings. The van der Waals surface area contributed by atoms with Crippen molar-refractivity contribution in [1.29, 1.82) is 0 Å². The Morgan fingerprint density at radius 2 is 2.06 bits per heavy atom. The highest BCUT2D eigenvalue weighted by Crippen LogP contribution is 2.27. The Hall–Kier alpha value is -0.770. The highest BCUT2D eigenvalue weighted by molar-refractivity contribution is 9.10. The predicted octanol–water partition coefficient (Wildman–Crippen LogP) is 5.07. The van der Waals surface area contributed by atoms with Crippen LogP contribution in [0.1, 0.15) is 11.1 Å². The van der Waals surface area contributed by atoms with Gasteiger partial charge in [0.2, 0.25) is 0 Å². The minimum atomic E-state index is 0.398. The molecule has 0 radical (unpaired) electrons. The Morgan fingerprint density at radius 3 is 2.72 bits per heavy atom. The number of nitrogens with zero attached hydrogens (tertiary/aromatic N) is 1. The van der Waals surface area contributed by atoms with Crippen LogP contribution in [0.15, 0.2) is 34.8 Å². The van der Waals surface area contributed by atoms with E-state index in [9.17, 15) is 0 Å². The number of nitrogens with one attached hydrogen (secondary N) is 1. The molecule has 1 heterocycles. The molecule has 2 rings (SSSR count). The minimum absolute atomic E-state index is 0.398. The normalized spacial score (nSPS) is 10.4. The number of benzene rings is 1. The Bertz CT molecular complexity index is 550. The zero-order valence-corrected chi connectivity index (χ0v) is 12.8.